The van der Waals surface area contributed by atoms with Crippen LogP contribution in [-0.2, 0) is 14.6 Å². The third-order valence-electron chi connectivity index (χ3n) is 2.43. The van der Waals surface area contributed by atoms with Crippen molar-refractivity contribution in [2.75, 3.05) is 12.9 Å². The summed E-state index contributed by atoms with van der Waals surface area (Å²) < 4.78 is 40.9. The lowest BCUT2D eigenvalue weighted by atomic mass is 10.1. The van der Waals surface area contributed by atoms with Gasteiger partial charge in [0.05, 0.1) is 17.6 Å². The number of Topliss-reactive ketones (excluding diaryl/α,β-unsaturated/α-hetero) is 1. The van der Waals surface area contributed by atoms with Crippen molar-refractivity contribution < 1.29 is 27.1 Å². The zero-order valence-corrected chi connectivity index (χ0v) is 9.51. The maximum Gasteiger partial charge on any atom is 0.340 e. The van der Waals surface area contributed by atoms with E-state index in [1.54, 1.807) is 0 Å². The Morgan fingerprint density at radius 2 is 2.06 bits per heavy atom. The van der Waals surface area contributed by atoms with Gasteiger partial charge in [-0.3, -0.25) is 4.79 Å². The Hall–Kier alpha value is -1.76. The average Bonchev–Trinajstić information content (AvgIpc) is 2.47. The van der Waals surface area contributed by atoms with Gasteiger partial charge < -0.3 is 4.74 Å². The van der Waals surface area contributed by atoms with Gasteiger partial charge in [0.25, 0.3) is 0 Å². The summed E-state index contributed by atoms with van der Waals surface area (Å²) in [6.07, 6.45) is 0. The first-order valence-corrected chi connectivity index (χ1v) is 6.20. The fraction of sp³-hybridized carbons (Fsp3) is 0.200. The van der Waals surface area contributed by atoms with Crippen molar-refractivity contribution in [3.8, 4) is 0 Å². The number of methoxy groups -OCH3 is 1. The van der Waals surface area contributed by atoms with Gasteiger partial charge in [0, 0.05) is 5.56 Å². The van der Waals surface area contributed by atoms with Crippen molar-refractivity contribution >= 4 is 21.6 Å². The van der Waals surface area contributed by atoms with Crippen molar-refractivity contribution in [2.24, 2.45) is 0 Å². The van der Waals surface area contributed by atoms with Crippen LogP contribution in [0.15, 0.2) is 17.0 Å². The number of esters is 1. The van der Waals surface area contributed by atoms with Gasteiger partial charge in [0.2, 0.25) is 0 Å². The molecule has 0 saturated heterocycles. The molecule has 1 heterocycles. The van der Waals surface area contributed by atoms with Gasteiger partial charge in [0.1, 0.15) is 11.6 Å². The van der Waals surface area contributed by atoms with E-state index in [0.717, 1.165) is 19.2 Å². The molecule has 1 aliphatic heterocycles. The van der Waals surface area contributed by atoms with Crippen LogP contribution in [0, 0.1) is 5.82 Å². The molecule has 0 N–H and O–H groups in total. The zero-order valence-electron chi connectivity index (χ0n) is 8.69. The monoisotopic (exact) mass is 258 g/mol. The normalized spacial score (nSPS) is 16.7. The molecule has 90 valence electrons. The minimum Gasteiger partial charge on any atom is -0.465 e. The number of hydrogen-bond donors (Lipinski definition) is 0. The molecule has 0 spiro atoms. The minimum absolute atomic E-state index is 0.213. The van der Waals surface area contributed by atoms with Gasteiger partial charge in [-0.25, -0.2) is 17.6 Å². The summed E-state index contributed by atoms with van der Waals surface area (Å²) in [5.41, 5.74) is -0.709. The molecule has 0 atom stereocenters. The molecule has 1 aromatic carbocycles. The van der Waals surface area contributed by atoms with Crippen LogP contribution in [0.2, 0.25) is 0 Å². The van der Waals surface area contributed by atoms with E-state index < -0.39 is 38.7 Å². The molecule has 2 rings (SSSR count). The quantitative estimate of drug-likeness (QED) is 0.544. The number of fused-ring (bicyclic) bond motifs is 1. The SMILES string of the molecule is COC(=O)c1cc2c(cc1F)C(=O)CS2(=O)=O. The first kappa shape index (κ1) is 11.7. The Bertz CT molecular complexity index is 632. The van der Waals surface area contributed by atoms with Gasteiger partial charge in [-0.1, -0.05) is 0 Å². The Morgan fingerprint density at radius 1 is 1.41 bits per heavy atom. The van der Waals surface area contributed by atoms with Crippen LogP contribution < -0.4 is 0 Å². The summed E-state index contributed by atoms with van der Waals surface area (Å²) in [6, 6.07) is 1.60. The maximum atomic E-state index is 13.5. The van der Waals surface area contributed by atoms with E-state index in [1.165, 1.54) is 0 Å². The number of hydrogen-bond acceptors (Lipinski definition) is 5. The predicted molar refractivity (Wildman–Crippen MR) is 54.1 cm³/mol. The average molecular weight is 258 g/mol. The predicted octanol–water partition coefficient (Wildman–Crippen LogP) is 0.582. The number of benzene rings is 1. The van der Waals surface area contributed by atoms with Crippen LogP contribution in [0.25, 0.3) is 0 Å². The van der Waals surface area contributed by atoms with Gasteiger partial charge in [-0.15, -0.1) is 0 Å². The lowest BCUT2D eigenvalue weighted by Crippen LogP contribution is -2.07. The highest BCUT2D eigenvalue weighted by molar-refractivity contribution is 7.92. The fourth-order valence-corrected chi connectivity index (χ4v) is 3.08. The minimum atomic E-state index is -3.76. The molecule has 0 aliphatic carbocycles. The maximum absolute atomic E-state index is 13.5. The number of halogens is 1. The summed E-state index contributed by atoms with van der Waals surface area (Å²) in [5.74, 6) is -3.32. The molecule has 1 aliphatic rings. The number of rotatable bonds is 1. The highest BCUT2D eigenvalue weighted by atomic mass is 32.2. The summed E-state index contributed by atoms with van der Waals surface area (Å²) in [5, 5.41) is 0. The van der Waals surface area contributed by atoms with Crippen molar-refractivity contribution in [2.45, 2.75) is 4.90 Å². The Kier molecular flexibility index (Phi) is 2.50. The summed E-state index contributed by atoms with van der Waals surface area (Å²) in [4.78, 5) is 22.2. The lowest BCUT2D eigenvalue weighted by molar-refractivity contribution is 0.0594. The van der Waals surface area contributed by atoms with E-state index in [4.69, 9.17) is 0 Å². The Balaban J connectivity index is 2.73. The highest BCUT2D eigenvalue weighted by Gasteiger charge is 2.35. The molecule has 0 saturated carbocycles. The van der Waals surface area contributed by atoms with Crippen molar-refractivity contribution in [1.29, 1.82) is 0 Å². The van der Waals surface area contributed by atoms with E-state index in [0.29, 0.717) is 0 Å². The van der Waals surface area contributed by atoms with Crippen LogP contribution in [0.1, 0.15) is 20.7 Å². The van der Waals surface area contributed by atoms with Crippen LogP contribution in [-0.4, -0.2) is 33.0 Å². The molecule has 0 unspecified atom stereocenters. The number of sulfone groups is 1. The molecule has 0 fully saturated rings. The molecule has 0 radical (unpaired) electrons. The smallest absolute Gasteiger partial charge is 0.340 e. The fourth-order valence-electron chi connectivity index (χ4n) is 1.62. The van der Waals surface area contributed by atoms with Crippen LogP contribution in [0.5, 0.6) is 0 Å². The number of carbonyl (C=O) groups is 2. The standard InChI is InChI=1S/C10H7FO5S/c1-16-10(13)5-3-9-6(2-7(5)11)8(12)4-17(9,14)15/h2-3H,4H2,1H3. The summed E-state index contributed by atoms with van der Waals surface area (Å²) >= 11 is 0. The number of ketones is 1. The summed E-state index contributed by atoms with van der Waals surface area (Å²) in [6.45, 7) is 0. The highest BCUT2D eigenvalue weighted by Crippen LogP contribution is 2.28. The Morgan fingerprint density at radius 3 is 2.65 bits per heavy atom. The molecule has 0 bridgehead atoms. The van der Waals surface area contributed by atoms with Crippen molar-refractivity contribution in [1.82, 2.24) is 0 Å². The molecule has 17 heavy (non-hydrogen) atoms. The largest absolute Gasteiger partial charge is 0.465 e. The van der Waals surface area contributed by atoms with Gasteiger partial charge in [-0.2, -0.15) is 0 Å². The van der Waals surface area contributed by atoms with Crippen LogP contribution in [0.3, 0.4) is 0 Å². The molecular formula is C10H7FO5S. The van der Waals surface area contributed by atoms with E-state index in [1.807, 2.05) is 0 Å². The van der Waals surface area contributed by atoms with Crippen molar-refractivity contribution in [3.05, 3.63) is 29.1 Å². The molecule has 1 aromatic rings. The van der Waals surface area contributed by atoms with Gasteiger partial charge in [0.15, 0.2) is 15.6 Å². The second kappa shape index (κ2) is 3.63. The topological polar surface area (TPSA) is 77.5 Å². The molecule has 5 nitrogen and oxygen atoms in total. The van der Waals surface area contributed by atoms with Gasteiger partial charge in [-0.05, 0) is 12.1 Å². The number of carbonyl (C=O) groups excluding carboxylic acids is 2. The molecule has 0 amide bonds. The third kappa shape index (κ3) is 1.72. The third-order valence-corrected chi connectivity index (χ3v) is 4.08. The zero-order chi connectivity index (χ0) is 12.8. The van der Waals surface area contributed by atoms with E-state index in [2.05, 4.69) is 4.74 Å². The van der Waals surface area contributed by atoms with E-state index in [9.17, 15) is 22.4 Å². The van der Waals surface area contributed by atoms with E-state index >= 15 is 0 Å². The van der Waals surface area contributed by atoms with Crippen molar-refractivity contribution in [3.63, 3.8) is 0 Å². The summed E-state index contributed by atoms with van der Waals surface area (Å²) in [7, 11) is -2.71. The molecule has 7 heteroatoms. The Labute approximate surface area is 96.1 Å². The number of ether oxygens (including phenoxy) is 1. The molecule has 0 aromatic heterocycles. The van der Waals surface area contributed by atoms with Crippen LogP contribution >= 0.6 is 0 Å². The van der Waals surface area contributed by atoms with Gasteiger partial charge >= 0.3 is 5.97 Å². The first-order chi connectivity index (χ1) is 7.86. The second-order valence-electron chi connectivity index (χ2n) is 3.50. The van der Waals surface area contributed by atoms with Crippen LogP contribution in [0.4, 0.5) is 4.39 Å². The second-order valence-corrected chi connectivity index (χ2v) is 5.46. The molecular weight excluding hydrogens is 251 g/mol. The first-order valence-electron chi connectivity index (χ1n) is 4.54. The lowest BCUT2D eigenvalue weighted by Gasteiger charge is -2.03. The van der Waals surface area contributed by atoms with E-state index in [-0.39, 0.29) is 10.5 Å².